The maximum atomic E-state index is 12.5. The number of nitrogens with zero attached hydrogens (tertiary/aromatic N) is 4. The van der Waals surface area contributed by atoms with Crippen LogP contribution in [-0.4, -0.2) is 34.7 Å². The van der Waals surface area contributed by atoms with Gasteiger partial charge in [-0.1, -0.05) is 12.6 Å². The van der Waals surface area contributed by atoms with Crippen LogP contribution < -0.4 is 4.90 Å². The summed E-state index contributed by atoms with van der Waals surface area (Å²) in [5, 5.41) is 1.95. The Morgan fingerprint density at radius 2 is 2.25 bits per heavy atom. The molecule has 2 aromatic rings. The quantitative estimate of drug-likeness (QED) is 0.632. The maximum Gasteiger partial charge on any atom is 0.270 e. The van der Waals surface area contributed by atoms with Crippen molar-refractivity contribution in [3.8, 4) is 0 Å². The number of carbonyl (C=O) groups is 1. The number of amides is 1. The highest BCUT2D eigenvalue weighted by molar-refractivity contribution is 7.12. The first-order valence-corrected chi connectivity index (χ1v) is 8.68. The van der Waals surface area contributed by atoms with Gasteiger partial charge in [0.15, 0.2) is 5.84 Å². The Hall–Kier alpha value is -2.47. The summed E-state index contributed by atoms with van der Waals surface area (Å²) < 4.78 is 0. The SMILES string of the molecule is C=CN(/C(=N\C)c1cccc(N2Cc3ccsc3C2=O)n1)C(C)C. The van der Waals surface area contributed by atoms with Crippen LogP contribution in [0.5, 0.6) is 0 Å². The molecule has 0 fully saturated rings. The van der Waals surface area contributed by atoms with Crippen molar-refractivity contribution >= 4 is 28.9 Å². The number of aromatic nitrogens is 1. The van der Waals surface area contributed by atoms with Crippen LogP contribution in [0, 0.1) is 0 Å². The van der Waals surface area contributed by atoms with Gasteiger partial charge in [0.05, 0.1) is 11.4 Å². The Bertz CT molecular complexity index is 809. The van der Waals surface area contributed by atoms with Crippen LogP contribution in [0.25, 0.3) is 0 Å². The number of fused-ring (bicyclic) bond motifs is 1. The molecular formula is C18H20N4OS. The second-order valence-electron chi connectivity index (χ2n) is 5.78. The third-order valence-corrected chi connectivity index (χ3v) is 4.91. The summed E-state index contributed by atoms with van der Waals surface area (Å²) in [6.45, 7) is 8.57. The zero-order chi connectivity index (χ0) is 17.3. The lowest BCUT2D eigenvalue weighted by molar-refractivity contribution is 0.0999. The average Bonchev–Trinajstić information content (AvgIpc) is 3.15. The molecule has 124 valence electrons. The van der Waals surface area contributed by atoms with Crippen molar-refractivity contribution in [2.75, 3.05) is 11.9 Å². The largest absolute Gasteiger partial charge is 0.330 e. The van der Waals surface area contributed by atoms with Gasteiger partial charge in [-0.3, -0.25) is 14.7 Å². The van der Waals surface area contributed by atoms with E-state index in [0.29, 0.717) is 12.4 Å². The van der Waals surface area contributed by atoms with Crippen LogP contribution in [-0.2, 0) is 6.54 Å². The van der Waals surface area contributed by atoms with E-state index in [0.717, 1.165) is 22.0 Å². The molecule has 0 unspecified atom stereocenters. The van der Waals surface area contributed by atoms with Crippen molar-refractivity contribution in [3.63, 3.8) is 0 Å². The summed E-state index contributed by atoms with van der Waals surface area (Å²) in [6.07, 6.45) is 1.75. The van der Waals surface area contributed by atoms with E-state index in [2.05, 4.69) is 30.4 Å². The van der Waals surface area contributed by atoms with E-state index in [-0.39, 0.29) is 11.9 Å². The Balaban J connectivity index is 1.94. The standard InChI is InChI=1S/C18H20N4OS/c1-5-21(12(2)3)17(19-4)14-7-6-8-15(20-14)22-11-13-9-10-24-16(13)18(22)23/h5-10,12H,1,11H2,2-4H3/b19-17-. The lowest BCUT2D eigenvalue weighted by Gasteiger charge is -2.26. The normalized spacial score (nSPS) is 14.2. The molecule has 0 radical (unpaired) electrons. The second-order valence-corrected chi connectivity index (χ2v) is 6.69. The molecule has 3 rings (SSSR count). The van der Waals surface area contributed by atoms with Crippen molar-refractivity contribution in [2.24, 2.45) is 4.99 Å². The van der Waals surface area contributed by atoms with E-state index < -0.39 is 0 Å². The van der Waals surface area contributed by atoms with Gasteiger partial charge >= 0.3 is 0 Å². The Kier molecular flexibility index (Phi) is 4.49. The van der Waals surface area contributed by atoms with Crippen LogP contribution >= 0.6 is 11.3 Å². The van der Waals surface area contributed by atoms with Crippen LogP contribution in [0.15, 0.2) is 47.4 Å². The van der Waals surface area contributed by atoms with Gasteiger partial charge in [0, 0.05) is 13.1 Å². The topological polar surface area (TPSA) is 48.8 Å². The number of thiophene rings is 1. The molecule has 1 aliphatic heterocycles. The van der Waals surface area contributed by atoms with Gasteiger partial charge in [-0.25, -0.2) is 4.98 Å². The molecule has 0 aliphatic carbocycles. The average molecular weight is 340 g/mol. The first kappa shape index (κ1) is 16.4. The molecule has 0 spiro atoms. The molecular weight excluding hydrogens is 320 g/mol. The fourth-order valence-corrected chi connectivity index (χ4v) is 3.66. The Morgan fingerprint density at radius 1 is 1.46 bits per heavy atom. The maximum absolute atomic E-state index is 12.5. The molecule has 0 saturated heterocycles. The van der Waals surface area contributed by atoms with Gasteiger partial charge < -0.3 is 4.90 Å². The summed E-state index contributed by atoms with van der Waals surface area (Å²) in [6, 6.07) is 7.88. The Morgan fingerprint density at radius 3 is 2.88 bits per heavy atom. The van der Waals surface area contributed by atoms with Crippen molar-refractivity contribution < 1.29 is 4.79 Å². The summed E-state index contributed by atoms with van der Waals surface area (Å²) in [5.74, 6) is 1.40. The smallest absolute Gasteiger partial charge is 0.270 e. The van der Waals surface area contributed by atoms with Gasteiger partial charge in [0.25, 0.3) is 5.91 Å². The highest BCUT2D eigenvalue weighted by atomic mass is 32.1. The van der Waals surface area contributed by atoms with Crippen LogP contribution in [0.2, 0.25) is 0 Å². The zero-order valence-corrected chi connectivity index (χ0v) is 14.9. The molecule has 1 aliphatic rings. The summed E-state index contributed by atoms with van der Waals surface area (Å²) in [4.78, 5) is 26.1. The lowest BCUT2D eigenvalue weighted by Crippen LogP contribution is -2.33. The van der Waals surface area contributed by atoms with Crippen molar-refractivity contribution in [1.82, 2.24) is 9.88 Å². The van der Waals surface area contributed by atoms with Crippen molar-refractivity contribution in [3.05, 3.63) is 58.6 Å². The van der Waals surface area contributed by atoms with Gasteiger partial charge in [-0.15, -0.1) is 11.3 Å². The summed E-state index contributed by atoms with van der Waals surface area (Å²) in [5.41, 5.74) is 1.79. The van der Waals surface area contributed by atoms with Gasteiger partial charge in [-0.2, -0.15) is 0 Å². The lowest BCUT2D eigenvalue weighted by atomic mass is 10.2. The first-order valence-electron chi connectivity index (χ1n) is 7.80. The fraction of sp³-hybridized carbons (Fsp3) is 0.278. The van der Waals surface area contributed by atoms with E-state index in [1.165, 1.54) is 11.3 Å². The summed E-state index contributed by atoms with van der Waals surface area (Å²) in [7, 11) is 1.74. The predicted molar refractivity (Wildman–Crippen MR) is 98.7 cm³/mol. The minimum atomic E-state index is 0.0177. The summed E-state index contributed by atoms with van der Waals surface area (Å²) >= 11 is 1.48. The second kappa shape index (κ2) is 6.57. The first-order chi connectivity index (χ1) is 11.6. The predicted octanol–water partition coefficient (Wildman–Crippen LogP) is 3.53. The van der Waals surface area contributed by atoms with Gasteiger partial charge in [0.1, 0.15) is 11.5 Å². The molecule has 0 atom stereocenters. The van der Waals surface area contributed by atoms with Crippen LogP contribution in [0.4, 0.5) is 5.82 Å². The number of anilines is 1. The minimum Gasteiger partial charge on any atom is -0.330 e. The highest BCUT2D eigenvalue weighted by Gasteiger charge is 2.30. The van der Waals surface area contributed by atoms with Gasteiger partial charge in [-0.05, 0) is 49.2 Å². The number of carbonyl (C=O) groups excluding carboxylic acids is 1. The third-order valence-electron chi connectivity index (χ3n) is 3.96. The molecule has 2 aromatic heterocycles. The number of pyridine rings is 1. The molecule has 1 amide bonds. The third kappa shape index (κ3) is 2.73. The molecule has 3 heterocycles. The molecule has 6 heteroatoms. The van der Waals surface area contributed by atoms with Crippen LogP contribution in [0.3, 0.4) is 0 Å². The highest BCUT2D eigenvalue weighted by Crippen LogP contribution is 2.30. The number of amidine groups is 1. The van der Waals surface area contributed by atoms with E-state index >= 15 is 0 Å². The Labute approximate surface area is 146 Å². The molecule has 24 heavy (non-hydrogen) atoms. The minimum absolute atomic E-state index is 0.0177. The van der Waals surface area contributed by atoms with Crippen LogP contribution in [0.1, 0.15) is 34.8 Å². The fourth-order valence-electron chi connectivity index (χ4n) is 2.80. The molecule has 0 aromatic carbocycles. The molecule has 0 N–H and O–H groups in total. The zero-order valence-electron chi connectivity index (χ0n) is 14.1. The van der Waals surface area contributed by atoms with E-state index in [4.69, 9.17) is 0 Å². The molecule has 0 saturated carbocycles. The monoisotopic (exact) mass is 340 g/mol. The number of aliphatic imine (C=N–C) groups is 1. The number of hydrogen-bond donors (Lipinski definition) is 0. The van der Waals surface area contributed by atoms with E-state index in [1.54, 1.807) is 18.1 Å². The van der Waals surface area contributed by atoms with Crippen molar-refractivity contribution in [1.29, 1.82) is 0 Å². The molecule has 5 nitrogen and oxygen atoms in total. The van der Waals surface area contributed by atoms with E-state index in [1.807, 2.05) is 34.5 Å². The number of hydrogen-bond acceptors (Lipinski definition) is 4. The van der Waals surface area contributed by atoms with Gasteiger partial charge in [0.2, 0.25) is 0 Å². The van der Waals surface area contributed by atoms with Crippen molar-refractivity contribution in [2.45, 2.75) is 26.4 Å². The number of rotatable bonds is 4. The molecule has 0 bridgehead atoms. The van der Waals surface area contributed by atoms with E-state index in [9.17, 15) is 4.79 Å².